The van der Waals surface area contributed by atoms with Crippen molar-refractivity contribution >= 4 is 45.6 Å². The van der Waals surface area contributed by atoms with E-state index in [1.54, 1.807) is 35.2 Å². The van der Waals surface area contributed by atoms with E-state index in [1.165, 1.54) is 18.5 Å². The van der Waals surface area contributed by atoms with Crippen LogP contribution in [0.15, 0.2) is 79.1 Å². The number of carbonyl (C=O) groups excluding carboxylic acids is 1. The van der Waals surface area contributed by atoms with E-state index in [9.17, 15) is 9.18 Å². The van der Waals surface area contributed by atoms with Crippen molar-refractivity contribution in [2.24, 2.45) is 0 Å². The molecular weight excluding hydrogens is 483 g/mol. The van der Waals surface area contributed by atoms with E-state index in [-0.39, 0.29) is 23.2 Å². The van der Waals surface area contributed by atoms with Crippen LogP contribution in [0, 0.1) is 5.82 Å². The van der Waals surface area contributed by atoms with Crippen molar-refractivity contribution in [2.45, 2.75) is 6.61 Å². The number of carbonyl (C=O) groups is 1. The monoisotopic (exact) mass is 504 g/mol. The highest BCUT2D eigenvalue weighted by Crippen LogP contribution is 2.41. The molecule has 2 heterocycles. The molecule has 0 saturated heterocycles. The summed E-state index contributed by atoms with van der Waals surface area (Å²) in [6.45, 7) is 1.44. The van der Waals surface area contributed by atoms with Gasteiger partial charge in [-0.15, -0.1) is 0 Å². The molecule has 5 rings (SSSR count). The lowest BCUT2D eigenvalue weighted by Gasteiger charge is -2.29. The summed E-state index contributed by atoms with van der Waals surface area (Å²) in [6, 6.07) is 18.0. The fraction of sp³-hybridized carbons (Fsp3) is 0.148. The van der Waals surface area contributed by atoms with E-state index < -0.39 is 5.82 Å². The number of amides is 1. The first kappa shape index (κ1) is 23.7. The Morgan fingerprint density at radius 2 is 2.00 bits per heavy atom. The summed E-state index contributed by atoms with van der Waals surface area (Å²) in [5.41, 5.74) is 2.41. The van der Waals surface area contributed by atoms with Crippen LogP contribution >= 0.6 is 11.6 Å². The largest absolute Gasteiger partial charge is 0.489 e. The number of ether oxygens (including phenoxy) is 2. The molecule has 7 nitrogen and oxygen atoms in total. The normalized spacial score (nSPS) is 13.0. The highest BCUT2D eigenvalue weighted by atomic mass is 35.5. The standard InChI is InChI=1S/C27H22ClFN4O3/c28-19-8-4-9-21(25(19)29)32-27-24-20(30-17-31-27)11-12-22-26(24)36-15-13-33(22)23(34)10-5-14-35-16-18-6-2-1-3-7-18/h1-12,17H,13-16H2,(H,30,31,32)/b10-5+. The maximum absolute atomic E-state index is 14.5. The average molecular weight is 505 g/mol. The molecule has 0 saturated carbocycles. The number of anilines is 3. The van der Waals surface area contributed by atoms with Crippen molar-refractivity contribution in [3.63, 3.8) is 0 Å². The summed E-state index contributed by atoms with van der Waals surface area (Å²) in [4.78, 5) is 23.2. The van der Waals surface area contributed by atoms with E-state index in [0.29, 0.717) is 47.9 Å². The molecule has 182 valence electrons. The zero-order chi connectivity index (χ0) is 24.9. The topological polar surface area (TPSA) is 76.6 Å². The summed E-state index contributed by atoms with van der Waals surface area (Å²) >= 11 is 5.93. The number of hydrogen-bond donors (Lipinski definition) is 1. The van der Waals surface area contributed by atoms with Gasteiger partial charge in [0.05, 0.1) is 47.1 Å². The van der Waals surface area contributed by atoms with Gasteiger partial charge in [-0.05, 0) is 29.8 Å². The quantitative estimate of drug-likeness (QED) is 0.258. The van der Waals surface area contributed by atoms with Crippen LogP contribution in [0.4, 0.5) is 21.6 Å². The molecule has 0 unspecified atom stereocenters. The zero-order valence-electron chi connectivity index (χ0n) is 19.2. The van der Waals surface area contributed by atoms with Crippen molar-refractivity contribution in [3.8, 4) is 5.75 Å². The van der Waals surface area contributed by atoms with Gasteiger partial charge in [0, 0.05) is 6.08 Å². The first-order valence-electron chi connectivity index (χ1n) is 11.3. The number of nitrogens with zero attached hydrogens (tertiary/aromatic N) is 3. The van der Waals surface area contributed by atoms with Gasteiger partial charge in [-0.2, -0.15) is 0 Å². The second kappa shape index (κ2) is 10.7. The zero-order valence-corrected chi connectivity index (χ0v) is 19.9. The van der Waals surface area contributed by atoms with Gasteiger partial charge in [-0.3, -0.25) is 4.79 Å². The minimum absolute atomic E-state index is 0.00653. The lowest BCUT2D eigenvalue weighted by molar-refractivity contribution is -0.114. The van der Waals surface area contributed by atoms with E-state index in [4.69, 9.17) is 21.1 Å². The van der Waals surface area contributed by atoms with Crippen molar-refractivity contribution in [1.29, 1.82) is 0 Å². The fourth-order valence-corrected chi connectivity index (χ4v) is 4.11. The van der Waals surface area contributed by atoms with Gasteiger partial charge in [0.25, 0.3) is 5.91 Å². The number of halogens is 2. The predicted octanol–water partition coefficient (Wildman–Crippen LogP) is 5.66. The van der Waals surface area contributed by atoms with Gasteiger partial charge >= 0.3 is 0 Å². The lowest BCUT2D eigenvalue weighted by atomic mass is 10.1. The molecular formula is C27H22ClFN4O3. The van der Waals surface area contributed by atoms with Crippen LogP contribution in [0.5, 0.6) is 5.75 Å². The molecule has 0 radical (unpaired) electrons. The van der Waals surface area contributed by atoms with Gasteiger partial charge in [0.2, 0.25) is 0 Å². The molecule has 0 fully saturated rings. The van der Waals surface area contributed by atoms with Crippen LogP contribution in [-0.4, -0.2) is 35.6 Å². The lowest BCUT2D eigenvalue weighted by Crippen LogP contribution is -2.37. The summed E-state index contributed by atoms with van der Waals surface area (Å²) in [5, 5.41) is 3.52. The molecule has 1 aliphatic rings. The van der Waals surface area contributed by atoms with Crippen LogP contribution in [0.2, 0.25) is 5.02 Å². The van der Waals surface area contributed by atoms with Crippen molar-refractivity contribution in [2.75, 3.05) is 30.0 Å². The first-order valence-corrected chi connectivity index (χ1v) is 11.7. The predicted molar refractivity (Wildman–Crippen MR) is 137 cm³/mol. The third-order valence-corrected chi connectivity index (χ3v) is 5.94. The van der Waals surface area contributed by atoms with Crippen LogP contribution in [0.25, 0.3) is 10.9 Å². The second-order valence-electron chi connectivity index (χ2n) is 8.00. The Bertz CT molecular complexity index is 1430. The molecule has 0 bridgehead atoms. The maximum Gasteiger partial charge on any atom is 0.250 e. The molecule has 0 atom stereocenters. The van der Waals surface area contributed by atoms with Gasteiger partial charge in [0.15, 0.2) is 11.6 Å². The molecule has 1 aliphatic heterocycles. The number of benzene rings is 3. The first-order chi connectivity index (χ1) is 17.6. The number of aromatic nitrogens is 2. The molecule has 4 aromatic rings. The van der Waals surface area contributed by atoms with Gasteiger partial charge in [-0.1, -0.05) is 54.1 Å². The highest BCUT2D eigenvalue weighted by molar-refractivity contribution is 6.31. The molecule has 0 aliphatic carbocycles. The summed E-state index contributed by atoms with van der Waals surface area (Å²) in [6.07, 6.45) is 4.56. The smallest absolute Gasteiger partial charge is 0.250 e. The number of fused-ring (bicyclic) bond motifs is 3. The van der Waals surface area contributed by atoms with Crippen LogP contribution in [0.1, 0.15) is 5.56 Å². The van der Waals surface area contributed by atoms with E-state index in [2.05, 4.69) is 15.3 Å². The van der Waals surface area contributed by atoms with Crippen molar-refractivity contribution < 1.29 is 18.7 Å². The molecule has 36 heavy (non-hydrogen) atoms. The van der Waals surface area contributed by atoms with Gasteiger partial charge in [-0.25, -0.2) is 14.4 Å². The Kier molecular flexibility index (Phi) is 7.06. The van der Waals surface area contributed by atoms with Crippen LogP contribution < -0.4 is 15.0 Å². The summed E-state index contributed by atoms with van der Waals surface area (Å²) in [7, 11) is 0. The van der Waals surface area contributed by atoms with Crippen LogP contribution in [0.3, 0.4) is 0 Å². The number of hydrogen-bond acceptors (Lipinski definition) is 6. The summed E-state index contributed by atoms with van der Waals surface area (Å²) in [5.74, 6) is 0.00561. The highest BCUT2D eigenvalue weighted by Gasteiger charge is 2.26. The molecule has 1 aromatic heterocycles. The Morgan fingerprint density at radius 3 is 2.86 bits per heavy atom. The minimum atomic E-state index is -0.590. The Labute approximate surface area is 212 Å². The Morgan fingerprint density at radius 1 is 1.14 bits per heavy atom. The third kappa shape index (κ3) is 5.00. The second-order valence-corrected chi connectivity index (χ2v) is 8.41. The van der Waals surface area contributed by atoms with E-state index in [1.807, 2.05) is 30.3 Å². The van der Waals surface area contributed by atoms with E-state index >= 15 is 0 Å². The van der Waals surface area contributed by atoms with E-state index in [0.717, 1.165) is 5.56 Å². The molecule has 1 N–H and O–H groups in total. The minimum Gasteiger partial charge on any atom is -0.489 e. The average Bonchev–Trinajstić information content (AvgIpc) is 2.91. The van der Waals surface area contributed by atoms with Gasteiger partial charge < -0.3 is 19.7 Å². The van der Waals surface area contributed by atoms with Gasteiger partial charge in [0.1, 0.15) is 18.8 Å². The third-order valence-electron chi connectivity index (χ3n) is 5.64. The molecule has 9 heteroatoms. The summed E-state index contributed by atoms with van der Waals surface area (Å²) < 4.78 is 26.1. The fourth-order valence-electron chi connectivity index (χ4n) is 3.94. The van der Waals surface area contributed by atoms with Crippen molar-refractivity contribution in [1.82, 2.24) is 9.97 Å². The molecule has 1 amide bonds. The Balaban J connectivity index is 1.37. The number of nitrogens with one attached hydrogen (secondary N) is 1. The SMILES string of the molecule is O=C(/C=C/COCc1ccccc1)N1CCOc2c1ccc1ncnc(Nc3cccc(Cl)c3F)c21. The molecule has 0 spiro atoms. The van der Waals surface area contributed by atoms with Crippen LogP contribution in [-0.2, 0) is 16.1 Å². The molecule has 3 aromatic carbocycles. The Hall–Kier alpha value is -4.01. The number of rotatable bonds is 7. The van der Waals surface area contributed by atoms with Crippen molar-refractivity contribution in [3.05, 3.63) is 95.5 Å². The maximum atomic E-state index is 14.5.